The Balaban J connectivity index is 2.31. The van der Waals surface area contributed by atoms with Gasteiger partial charge in [-0.05, 0) is 67.1 Å². The van der Waals surface area contributed by atoms with Crippen LogP contribution in [0.15, 0.2) is 64.6 Å². The van der Waals surface area contributed by atoms with Crippen molar-refractivity contribution in [3.63, 3.8) is 0 Å². The number of amides is 1. The number of nitrogens with zero attached hydrogens (tertiary/aromatic N) is 2. The third-order valence-electron chi connectivity index (χ3n) is 6.39. The average Bonchev–Trinajstić information content (AvgIpc) is 3.35. The first-order valence-corrected chi connectivity index (χ1v) is 15.2. The van der Waals surface area contributed by atoms with Crippen molar-refractivity contribution in [3.05, 3.63) is 75.3 Å². The number of likely N-dealkylation sites (N-methyl/N-ethyl adjacent to an activating group) is 1. The highest BCUT2D eigenvalue weighted by molar-refractivity contribution is 7.09. The summed E-state index contributed by atoms with van der Waals surface area (Å²) in [7, 11) is 3.99. The Bertz CT molecular complexity index is 1290. The normalized spacial score (nSPS) is 24.0. The highest BCUT2D eigenvalue weighted by Gasteiger charge is 2.41. The summed E-state index contributed by atoms with van der Waals surface area (Å²) < 4.78 is 49.9. The smallest absolute Gasteiger partial charge is 0.461 e. The van der Waals surface area contributed by atoms with Crippen molar-refractivity contribution in [2.75, 3.05) is 20.6 Å². The van der Waals surface area contributed by atoms with Crippen molar-refractivity contribution >= 4 is 29.2 Å². The molecule has 2 heterocycles. The largest absolute Gasteiger partial charge is 0.471 e. The molecule has 8 nitrogen and oxygen atoms in total. The third kappa shape index (κ3) is 14.3. The molecule has 3 atom stereocenters. The van der Waals surface area contributed by atoms with Crippen LogP contribution in [0, 0.1) is 0 Å². The number of nitrogens with one attached hydrogen (secondary N) is 1. The Morgan fingerprint density at radius 3 is 2.55 bits per heavy atom. The number of aryl methyl sites for hydroxylation is 1. The minimum Gasteiger partial charge on any atom is -0.461 e. The number of thiazole rings is 1. The molecule has 12 heteroatoms. The van der Waals surface area contributed by atoms with E-state index in [1.807, 2.05) is 51.6 Å². The minimum atomic E-state index is -5.13. The molecule has 0 fully saturated rings. The van der Waals surface area contributed by atoms with Gasteiger partial charge in [0.1, 0.15) is 18.2 Å². The van der Waals surface area contributed by atoms with Crippen LogP contribution in [0.5, 0.6) is 0 Å². The van der Waals surface area contributed by atoms with E-state index in [2.05, 4.69) is 16.0 Å². The lowest BCUT2D eigenvalue weighted by molar-refractivity contribution is -0.176. The van der Waals surface area contributed by atoms with Crippen molar-refractivity contribution in [2.24, 2.45) is 0 Å². The molecule has 0 saturated heterocycles. The number of hydrogen-bond acceptors (Lipinski definition) is 8. The fraction of sp³-hybridized carbons (Fsp3) is 0.500. The quantitative estimate of drug-likeness (QED) is 0.310. The number of esters is 2. The van der Waals surface area contributed by atoms with Crippen LogP contribution >= 0.6 is 11.3 Å². The van der Waals surface area contributed by atoms with E-state index in [0.717, 1.165) is 23.3 Å². The summed E-state index contributed by atoms with van der Waals surface area (Å²) in [5.74, 6) is -3.68. The van der Waals surface area contributed by atoms with E-state index in [9.17, 15) is 27.6 Å². The average molecular weight is 638 g/mol. The standard InChI is InChI=1S/C32H42F3N3O5S/c1-21(15-16-38(5)6)13-14-23(3)18-26-19-28-36-25(20-44-28)10-8-11-27(37-31(41)32(33,34)35)30(40)42-24(4)17-22(2)9-7-12-29(39)43-26/h7,9,12-15,18,20,24,26-27H,8,10-11,16-17,19H2,1-6H3,(H,37,41)/b12-7-,14-13+,21-15+,22-9+,23-18+/t24-,26+,27-/m0/s1. The van der Waals surface area contributed by atoms with Crippen LogP contribution in [0.2, 0.25) is 0 Å². The molecular weight excluding hydrogens is 595 g/mol. The number of cyclic esters (lactones) is 2. The summed E-state index contributed by atoms with van der Waals surface area (Å²) in [6, 6.07) is -1.46. The molecule has 242 valence electrons. The molecule has 2 rings (SSSR count). The van der Waals surface area contributed by atoms with E-state index in [1.54, 1.807) is 25.2 Å². The molecule has 2 bridgehead atoms. The van der Waals surface area contributed by atoms with Gasteiger partial charge in [0.05, 0.1) is 10.7 Å². The van der Waals surface area contributed by atoms with E-state index in [4.69, 9.17) is 9.47 Å². The molecule has 1 aliphatic rings. The van der Waals surface area contributed by atoms with E-state index < -0.39 is 42.3 Å². The molecule has 0 aromatic carbocycles. The second kappa shape index (κ2) is 17.7. The molecule has 1 aromatic heterocycles. The number of rotatable bonds is 6. The summed E-state index contributed by atoms with van der Waals surface area (Å²) in [5, 5.41) is 4.30. The van der Waals surface area contributed by atoms with Gasteiger partial charge in [-0.15, -0.1) is 11.3 Å². The number of halogens is 3. The third-order valence-corrected chi connectivity index (χ3v) is 7.31. The van der Waals surface area contributed by atoms with Gasteiger partial charge < -0.3 is 19.7 Å². The van der Waals surface area contributed by atoms with E-state index in [1.165, 1.54) is 23.5 Å². The summed E-state index contributed by atoms with van der Waals surface area (Å²) in [6.07, 6.45) is 7.18. The van der Waals surface area contributed by atoms with E-state index in [-0.39, 0.29) is 19.3 Å². The topological polar surface area (TPSA) is 97.8 Å². The summed E-state index contributed by atoms with van der Waals surface area (Å²) in [5.41, 5.74) is 3.44. The predicted octanol–water partition coefficient (Wildman–Crippen LogP) is 5.82. The maximum atomic E-state index is 12.9. The molecule has 0 saturated carbocycles. The van der Waals surface area contributed by atoms with Crippen LogP contribution in [0.1, 0.15) is 57.7 Å². The van der Waals surface area contributed by atoms with Crippen LogP contribution < -0.4 is 5.32 Å². The SMILES string of the molecule is CC(/C=C/C(C)=C/[C@@H]1Cc2nc(cs2)CCC[C@H](NC(=O)C(F)(F)F)C(=O)O[C@@H](C)C/C(C)=C/C=C\C(=O)O1)=C\CN(C)C. The molecular formula is C32H42F3N3O5S. The second-order valence-electron chi connectivity index (χ2n) is 11.1. The number of carbonyl (C=O) groups is 3. The Morgan fingerprint density at radius 1 is 1.16 bits per heavy atom. The Morgan fingerprint density at radius 2 is 1.86 bits per heavy atom. The lowest BCUT2D eigenvalue weighted by Gasteiger charge is -2.21. The monoisotopic (exact) mass is 637 g/mol. The van der Waals surface area contributed by atoms with E-state index in [0.29, 0.717) is 23.5 Å². The number of hydrogen-bond donors (Lipinski definition) is 1. The molecule has 0 spiro atoms. The number of ether oxygens (including phenoxy) is 2. The number of carbonyl (C=O) groups excluding carboxylic acids is 3. The summed E-state index contributed by atoms with van der Waals surface area (Å²) >= 11 is 1.37. The van der Waals surface area contributed by atoms with Gasteiger partial charge in [-0.25, -0.2) is 14.6 Å². The molecule has 1 amide bonds. The molecule has 0 radical (unpaired) electrons. The number of alkyl halides is 3. The van der Waals surface area contributed by atoms with Gasteiger partial charge in [0.15, 0.2) is 0 Å². The van der Waals surface area contributed by atoms with Gasteiger partial charge in [0.25, 0.3) is 0 Å². The second-order valence-corrected chi connectivity index (χ2v) is 12.0. The fourth-order valence-electron chi connectivity index (χ4n) is 4.17. The molecule has 44 heavy (non-hydrogen) atoms. The minimum absolute atomic E-state index is 0.0608. The van der Waals surface area contributed by atoms with Crippen LogP contribution in [-0.2, 0) is 36.7 Å². The van der Waals surface area contributed by atoms with Crippen LogP contribution in [0.3, 0.4) is 0 Å². The van der Waals surface area contributed by atoms with Crippen LogP contribution in [-0.4, -0.2) is 72.8 Å². The Hall–Kier alpha value is -3.51. The zero-order valence-corrected chi connectivity index (χ0v) is 26.9. The van der Waals surface area contributed by atoms with Gasteiger partial charge in [-0.2, -0.15) is 13.2 Å². The molecule has 1 N–H and O–H groups in total. The van der Waals surface area contributed by atoms with Crippen molar-refractivity contribution in [2.45, 2.75) is 84.2 Å². The van der Waals surface area contributed by atoms with Gasteiger partial charge in [-0.3, -0.25) is 4.79 Å². The maximum absolute atomic E-state index is 12.9. The fourth-order valence-corrected chi connectivity index (χ4v) is 5.04. The van der Waals surface area contributed by atoms with Crippen molar-refractivity contribution in [3.8, 4) is 0 Å². The predicted molar refractivity (Wildman–Crippen MR) is 165 cm³/mol. The van der Waals surface area contributed by atoms with Gasteiger partial charge >= 0.3 is 24.0 Å². The summed E-state index contributed by atoms with van der Waals surface area (Å²) in [6.45, 7) is 8.12. The lowest BCUT2D eigenvalue weighted by atomic mass is 10.1. The highest BCUT2D eigenvalue weighted by Crippen LogP contribution is 2.20. The molecule has 1 aliphatic heterocycles. The zero-order valence-electron chi connectivity index (χ0n) is 26.1. The molecule has 1 aromatic rings. The van der Waals surface area contributed by atoms with Gasteiger partial charge in [-0.1, -0.05) is 47.1 Å². The Kier molecular flexibility index (Phi) is 14.8. The maximum Gasteiger partial charge on any atom is 0.471 e. The molecule has 0 aliphatic carbocycles. The number of allylic oxidation sites excluding steroid dienone is 6. The highest BCUT2D eigenvalue weighted by atomic mass is 32.1. The lowest BCUT2D eigenvalue weighted by Crippen LogP contribution is -2.48. The molecule has 0 unspecified atom stereocenters. The number of aromatic nitrogens is 1. The summed E-state index contributed by atoms with van der Waals surface area (Å²) in [4.78, 5) is 43.7. The van der Waals surface area contributed by atoms with Crippen molar-refractivity contribution < 1.29 is 37.0 Å². The zero-order chi connectivity index (χ0) is 32.9. The first-order valence-electron chi connectivity index (χ1n) is 14.4. The first kappa shape index (κ1) is 36.7. The number of fused-ring (bicyclic) bond motifs is 2. The van der Waals surface area contributed by atoms with E-state index >= 15 is 0 Å². The van der Waals surface area contributed by atoms with Crippen molar-refractivity contribution in [1.29, 1.82) is 0 Å². The van der Waals surface area contributed by atoms with Crippen LogP contribution in [0.25, 0.3) is 0 Å². The van der Waals surface area contributed by atoms with Crippen LogP contribution in [0.4, 0.5) is 13.2 Å². The van der Waals surface area contributed by atoms with Gasteiger partial charge in [0, 0.05) is 30.8 Å². The van der Waals surface area contributed by atoms with Crippen molar-refractivity contribution in [1.82, 2.24) is 15.2 Å². The Labute approximate surface area is 261 Å². The van der Waals surface area contributed by atoms with Gasteiger partial charge in [0.2, 0.25) is 0 Å². The first-order chi connectivity index (χ1) is 20.6.